The molecule has 6 heteroatoms. The van der Waals surface area contributed by atoms with E-state index in [-0.39, 0.29) is 11.9 Å². The molecule has 1 saturated carbocycles. The van der Waals surface area contributed by atoms with Gasteiger partial charge in [-0.15, -0.1) is 0 Å². The molecule has 2 atom stereocenters. The van der Waals surface area contributed by atoms with E-state index < -0.39 is 11.2 Å². The van der Waals surface area contributed by atoms with Crippen molar-refractivity contribution >= 4 is 5.97 Å². The van der Waals surface area contributed by atoms with Gasteiger partial charge in [-0.1, -0.05) is 26.3 Å². The second kappa shape index (κ2) is 12.1. The van der Waals surface area contributed by atoms with Gasteiger partial charge in [0.25, 0.3) is 0 Å². The number of ether oxygens (including phenoxy) is 3. The molecule has 6 nitrogen and oxygen atoms in total. The fraction of sp³-hybridized carbons (Fsp3) is 0.677. The molecule has 1 aliphatic carbocycles. The molecule has 0 aliphatic heterocycles. The summed E-state index contributed by atoms with van der Waals surface area (Å²) in [6, 6.07) is 6.30. The number of hydrogen-bond donors (Lipinski definition) is 0. The molecule has 1 aromatic carbocycles. The number of esters is 1. The normalized spacial score (nSPS) is 18.9. The number of hydrogen-bond acceptors (Lipinski definition) is 6. The van der Waals surface area contributed by atoms with E-state index >= 15 is 0 Å². The van der Waals surface area contributed by atoms with E-state index in [1.807, 2.05) is 20.8 Å². The Bertz CT molecular complexity index is 1050. The predicted octanol–water partition coefficient (Wildman–Crippen LogP) is 7.54. The van der Waals surface area contributed by atoms with Crippen LogP contribution in [-0.4, -0.2) is 35.4 Å². The maximum absolute atomic E-state index is 12.5. The highest BCUT2D eigenvalue weighted by Crippen LogP contribution is 2.32. The van der Waals surface area contributed by atoms with Gasteiger partial charge in [-0.25, -0.2) is 9.78 Å². The van der Waals surface area contributed by atoms with Crippen molar-refractivity contribution in [2.24, 2.45) is 11.8 Å². The summed E-state index contributed by atoms with van der Waals surface area (Å²) in [6.07, 6.45) is 4.44. The Balaban J connectivity index is 1.53. The van der Waals surface area contributed by atoms with Gasteiger partial charge < -0.3 is 18.6 Å². The lowest BCUT2D eigenvalue weighted by Crippen LogP contribution is -2.42. The second-order valence-electron chi connectivity index (χ2n) is 12.5. The van der Waals surface area contributed by atoms with E-state index in [1.165, 1.54) is 11.1 Å². The summed E-state index contributed by atoms with van der Waals surface area (Å²) < 4.78 is 24.0. The number of nitrogens with zero attached hydrogens (tertiary/aromatic N) is 1. The first-order valence-electron chi connectivity index (χ1n) is 13.8. The van der Waals surface area contributed by atoms with Crippen LogP contribution in [0.25, 0.3) is 11.5 Å². The molecule has 0 unspecified atom stereocenters. The van der Waals surface area contributed by atoms with Crippen molar-refractivity contribution in [3.63, 3.8) is 0 Å². The minimum Gasteiger partial charge on any atom is -0.458 e. The monoisotopic (exact) mass is 513 g/mol. The van der Waals surface area contributed by atoms with Gasteiger partial charge in [0.1, 0.15) is 17.1 Å². The molecule has 2 aromatic rings. The summed E-state index contributed by atoms with van der Waals surface area (Å²) in [4.78, 5) is 17.3. The van der Waals surface area contributed by atoms with Crippen LogP contribution in [0, 0.1) is 25.7 Å². The Morgan fingerprint density at radius 1 is 1.05 bits per heavy atom. The zero-order valence-corrected chi connectivity index (χ0v) is 24.4. The average Bonchev–Trinajstić information content (AvgIpc) is 3.23. The molecule has 1 fully saturated rings. The minimum atomic E-state index is -0.954. The van der Waals surface area contributed by atoms with Crippen molar-refractivity contribution in [2.75, 3.05) is 13.2 Å². The van der Waals surface area contributed by atoms with Crippen molar-refractivity contribution in [1.82, 2.24) is 4.98 Å². The third-order valence-corrected chi connectivity index (χ3v) is 7.06. The van der Waals surface area contributed by atoms with E-state index in [4.69, 9.17) is 23.6 Å². The first-order valence-corrected chi connectivity index (χ1v) is 13.8. The van der Waals surface area contributed by atoms with Gasteiger partial charge in [-0.2, -0.15) is 0 Å². The number of oxazole rings is 1. The van der Waals surface area contributed by atoms with Gasteiger partial charge in [0, 0.05) is 18.1 Å². The third-order valence-electron chi connectivity index (χ3n) is 7.06. The summed E-state index contributed by atoms with van der Waals surface area (Å²) in [7, 11) is 0. The Hall–Kier alpha value is -2.18. The Kier molecular flexibility index (Phi) is 9.62. The largest absolute Gasteiger partial charge is 0.458 e. The fourth-order valence-electron chi connectivity index (χ4n) is 4.73. The SMILES string of the molecule is Cc1ccc(-c2nc(COC[C@H]3CCC[C@@H](COC(C)(C)C(=O)OC(C)(C)C)C3)c(C(C)C)o2)cc1C. The lowest BCUT2D eigenvalue weighted by molar-refractivity contribution is -0.181. The van der Waals surface area contributed by atoms with Gasteiger partial charge in [-0.05, 0) is 103 Å². The standard InChI is InChI=1S/C31H47NO5/c1-20(2)27-26(32-28(36-27)25-14-13-21(3)22(4)15-25)19-34-17-23-11-10-12-24(16-23)18-35-31(8,9)29(33)37-30(5,6)7/h13-15,20,23-24H,10-12,16-19H2,1-9H3/t23-,24+/m0/s1. The van der Waals surface area contributed by atoms with Crippen LogP contribution in [0.1, 0.15) is 103 Å². The third kappa shape index (κ3) is 8.41. The smallest absolute Gasteiger partial charge is 0.338 e. The average molecular weight is 514 g/mol. The van der Waals surface area contributed by atoms with E-state index in [1.54, 1.807) is 13.8 Å². The molecule has 1 heterocycles. The first kappa shape index (κ1) is 29.4. The van der Waals surface area contributed by atoms with Gasteiger partial charge in [-0.3, -0.25) is 0 Å². The number of benzene rings is 1. The molecular formula is C31H47NO5. The van der Waals surface area contributed by atoms with E-state index in [9.17, 15) is 4.79 Å². The molecule has 0 radical (unpaired) electrons. The van der Waals surface area contributed by atoms with Gasteiger partial charge >= 0.3 is 5.97 Å². The number of carbonyl (C=O) groups is 1. The summed E-state index contributed by atoms with van der Waals surface area (Å²) in [6.45, 7) is 19.4. The molecule has 37 heavy (non-hydrogen) atoms. The lowest BCUT2D eigenvalue weighted by atomic mass is 9.82. The zero-order chi connectivity index (χ0) is 27.4. The van der Waals surface area contributed by atoms with Gasteiger partial charge in [0.05, 0.1) is 13.2 Å². The van der Waals surface area contributed by atoms with E-state index in [0.29, 0.717) is 37.5 Å². The fourth-order valence-corrected chi connectivity index (χ4v) is 4.73. The van der Waals surface area contributed by atoms with Crippen LogP contribution in [0.2, 0.25) is 0 Å². The highest BCUT2D eigenvalue weighted by molar-refractivity contribution is 5.78. The topological polar surface area (TPSA) is 70.8 Å². The van der Waals surface area contributed by atoms with Crippen LogP contribution in [0.5, 0.6) is 0 Å². The summed E-state index contributed by atoms with van der Waals surface area (Å²) >= 11 is 0. The van der Waals surface area contributed by atoms with Crippen molar-refractivity contribution in [2.45, 2.75) is 112 Å². The second-order valence-corrected chi connectivity index (χ2v) is 12.5. The van der Waals surface area contributed by atoms with Crippen molar-refractivity contribution in [3.8, 4) is 11.5 Å². The quantitative estimate of drug-likeness (QED) is 0.306. The number of aryl methyl sites for hydroxylation is 2. The molecule has 1 aliphatic rings. The maximum atomic E-state index is 12.5. The summed E-state index contributed by atoms with van der Waals surface area (Å²) in [5.74, 6) is 2.36. The highest BCUT2D eigenvalue weighted by Gasteiger charge is 2.35. The molecule has 0 bridgehead atoms. The van der Waals surface area contributed by atoms with E-state index in [2.05, 4.69) is 45.9 Å². The zero-order valence-electron chi connectivity index (χ0n) is 24.4. The minimum absolute atomic E-state index is 0.232. The molecular weight excluding hydrogens is 466 g/mol. The predicted molar refractivity (Wildman–Crippen MR) is 146 cm³/mol. The number of carbonyl (C=O) groups excluding carboxylic acids is 1. The molecule has 3 rings (SSSR count). The molecule has 1 aromatic heterocycles. The van der Waals surface area contributed by atoms with Crippen LogP contribution < -0.4 is 0 Å². The van der Waals surface area contributed by atoms with Crippen LogP contribution in [0.3, 0.4) is 0 Å². The molecule has 0 N–H and O–H groups in total. The molecule has 206 valence electrons. The Morgan fingerprint density at radius 3 is 2.35 bits per heavy atom. The van der Waals surface area contributed by atoms with Gasteiger partial charge in [0.15, 0.2) is 5.60 Å². The lowest BCUT2D eigenvalue weighted by Gasteiger charge is -2.33. The first-order chi connectivity index (χ1) is 17.2. The maximum Gasteiger partial charge on any atom is 0.338 e. The molecule has 0 spiro atoms. The Morgan fingerprint density at radius 2 is 1.73 bits per heavy atom. The number of rotatable bonds is 10. The highest BCUT2D eigenvalue weighted by atomic mass is 16.6. The molecule has 0 saturated heterocycles. The van der Waals surface area contributed by atoms with Crippen molar-refractivity contribution in [3.05, 3.63) is 40.8 Å². The van der Waals surface area contributed by atoms with Crippen LogP contribution >= 0.6 is 0 Å². The van der Waals surface area contributed by atoms with Crippen molar-refractivity contribution in [1.29, 1.82) is 0 Å². The Labute approximate surface area is 223 Å². The number of aromatic nitrogens is 1. The van der Waals surface area contributed by atoms with Crippen LogP contribution in [0.15, 0.2) is 22.6 Å². The summed E-state index contributed by atoms with van der Waals surface area (Å²) in [5, 5.41) is 0. The summed E-state index contributed by atoms with van der Waals surface area (Å²) in [5.41, 5.74) is 2.89. The van der Waals surface area contributed by atoms with Crippen molar-refractivity contribution < 1.29 is 23.4 Å². The van der Waals surface area contributed by atoms with Crippen LogP contribution in [-0.2, 0) is 25.6 Å². The van der Waals surface area contributed by atoms with E-state index in [0.717, 1.165) is 42.7 Å². The van der Waals surface area contributed by atoms with Crippen LogP contribution in [0.4, 0.5) is 0 Å². The van der Waals surface area contributed by atoms with Gasteiger partial charge in [0.2, 0.25) is 5.89 Å². The molecule has 0 amide bonds.